The molecule has 17 heavy (non-hydrogen) atoms. The van der Waals surface area contributed by atoms with Crippen molar-refractivity contribution in [3.63, 3.8) is 0 Å². The van der Waals surface area contributed by atoms with Crippen LogP contribution in [-0.2, 0) is 14.3 Å². The van der Waals surface area contributed by atoms with Crippen molar-refractivity contribution in [1.29, 1.82) is 0 Å². The molecule has 0 aliphatic carbocycles. The van der Waals surface area contributed by atoms with Crippen molar-refractivity contribution in [2.24, 2.45) is 0 Å². The largest absolute Gasteiger partial charge is 0.493 e. The van der Waals surface area contributed by atoms with E-state index >= 15 is 0 Å². The minimum atomic E-state index is -5.66. The van der Waals surface area contributed by atoms with Crippen LogP contribution >= 0.6 is 0 Å². The lowest BCUT2D eigenvalue weighted by Crippen LogP contribution is -2.45. The second-order valence-corrected chi connectivity index (χ2v) is 3.01. The minimum Gasteiger partial charge on any atom is -0.289 e. The maximum Gasteiger partial charge on any atom is 0.493 e. The standard InChI is InChI=1S/C6H2F8O3/c7-3(1-2(15)4(8,9)10)5(11,12)17-6(13,14)16-3/h1H2. The van der Waals surface area contributed by atoms with Crippen molar-refractivity contribution in [2.45, 2.75) is 30.9 Å². The summed E-state index contributed by atoms with van der Waals surface area (Å²) in [6.07, 6.45) is -18.8. The molecule has 0 saturated carbocycles. The van der Waals surface area contributed by atoms with E-state index in [0.29, 0.717) is 0 Å². The van der Waals surface area contributed by atoms with E-state index in [1.165, 1.54) is 0 Å². The van der Waals surface area contributed by atoms with Crippen molar-refractivity contribution in [3.8, 4) is 0 Å². The average Bonchev–Trinajstić information content (AvgIpc) is 2.12. The fourth-order valence-electron chi connectivity index (χ4n) is 0.940. The van der Waals surface area contributed by atoms with Crippen LogP contribution in [0.4, 0.5) is 35.1 Å². The predicted molar refractivity (Wildman–Crippen MR) is 31.6 cm³/mol. The number of alkyl halides is 8. The van der Waals surface area contributed by atoms with Crippen LogP contribution in [0.5, 0.6) is 0 Å². The smallest absolute Gasteiger partial charge is 0.289 e. The van der Waals surface area contributed by atoms with Gasteiger partial charge in [0.25, 0.3) is 0 Å². The zero-order chi connectivity index (χ0) is 13.7. The molecule has 0 aromatic carbocycles. The third-order valence-electron chi connectivity index (χ3n) is 1.67. The van der Waals surface area contributed by atoms with Crippen LogP contribution in [0.3, 0.4) is 0 Å². The molecule has 1 aliphatic heterocycles. The van der Waals surface area contributed by atoms with Crippen molar-refractivity contribution < 1.29 is 49.4 Å². The summed E-state index contributed by atoms with van der Waals surface area (Å²) in [5, 5.41) is 0. The van der Waals surface area contributed by atoms with Crippen LogP contribution in [0.2, 0.25) is 0 Å². The Morgan fingerprint density at radius 1 is 1.00 bits per heavy atom. The molecular formula is C6H2F8O3. The van der Waals surface area contributed by atoms with E-state index < -0.39 is 36.6 Å². The Bertz CT molecular complexity index is 337. The summed E-state index contributed by atoms with van der Waals surface area (Å²) in [6, 6.07) is 0. The zero-order valence-corrected chi connectivity index (χ0v) is 7.46. The lowest BCUT2D eigenvalue weighted by molar-refractivity contribution is -0.386. The van der Waals surface area contributed by atoms with Gasteiger partial charge in [-0.3, -0.25) is 4.79 Å². The monoisotopic (exact) mass is 274 g/mol. The van der Waals surface area contributed by atoms with Gasteiger partial charge in [-0.15, -0.1) is 8.78 Å². The molecule has 0 spiro atoms. The summed E-state index contributed by atoms with van der Waals surface area (Å²) in [6.45, 7) is 0. The SMILES string of the molecule is O=C(CC1(F)OC(F)(F)OC1(F)F)C(F)(F)F. The fourth-order valence-corrected chi connectivity index (χ4v) is 0.940. The Morgan fingerprint density at radius 3 is 1.76 bits per heavy atom. The van der Waals surface area contributed by atoms with Gasteiger partial charge in [0, 0.05) is 0 Å². The Kier molecular flexibility index (Phi) is 2.91. The summed E-state index contributed by atoms with van der Waals surface area (Å²) in [5.74, 6) is -7.86. The quantitative estimate of drug-likeness (QED) is 0.725. The van der Waals surface area contributed by atoms with Gasteiger partial charge in [-0.25, -0.2) is 13.9 Å². The fraction of sp³-hybridized carbons (Fsp3) is 0.833. The third kappa shape index (κ3) is 2.65. The molecule has 1 atom stereocenters. The van der Waals surface area contributed by atoms with E-state index in [1.807, 2.05) is 0 Å². The molecule has 0 aromatic rings. The van der Waals surface area contributed by atoms with E-state index in [4.69, 9.17) is 0 Å². The Morgan fingerprint density at radius 2 is 1.47 bits per heavy atom. The normalized spacial score (nSPS) is 31.5. The highest BCUT2D eigenvalue weighted by molar-refractivity contribution is 5.84. The maximum absolute atomic E-state index is 13.1. The third-order valence-corrected chi connectivity index (χ3v) is 1.67. The zero-order valence-electron chi connectivity index (χ0n) is 7.46. The van der Waals surface area contributed by atoms with E-state index in [0.717, 1.165) is 0 Å². The number of hydrogen-bond acceptors (Lipinski definition) is 3. The van der Waals surface area contributed by atoms with Gasteiger partial charge in [-0.1, -0.05) is 0 Å². The maximum atomic E-state index is 13.1. The summed E-state index contributed by atoms with van der Waals surface area (Å²) >= 11 is 0. The van der Waals surface area contributed by atoms with Crippen LogP contribution in [0.1, 0.15) is 6.42 Å². The van der Waals surface area contributed by atoms with Gasteiger partial charge < -0.3 is 0 Å². The number of Topliss-reactive ketones (excluding diaryl/α,β-unsaturated/α-hetero) is 1. The van der Waals surface area contributed by atoms with Crippen LogP contribution in [0, 0.1) is 0 Å². The van der Waals surface area contributed by atoms with E-state index in [9.17, 15) is 39.9 Å². The first kappa shape index (κ1) is 14.1. The summed E-state index contributed by atoms with van der Waals surface area (Å²) < 4.78 is 103. The first-order chi connectivity index (χ1) is 7.29. The molecule has 0 aromatic heterocycles. The highest BCUT2D eigenvalue weighted by Crippen LogP contribution is 2.51. The summed E-state index contributed by atoms with van der Waals surface area (Å²) in [7, 11) is 0. The molecule has 1 rings (SSSR count). The van der Waals surface area contributed by atoms with Gasteiger partial charge in [0.2, 0.25) is 5.78 Å². The van der Waals surface area contributed by atoms with E-state index in [1.54, 1.807) is 0 Å². The van der Waals surface area contributed by atoms with Crippen molar-refractivity contribution >= 4 is 5.78 Å². The Labute approximate surface area is 87.3 Å². The van der Waals surface area contributed by atoms with Gasteiger partial charge in [-0.2, -0.15) is 22.0 Å². The molecule has 1 saturated heterocycles. The van der Waals surface area contributed by atoms with Gasteiger partial charge in [0.05, 0.1) is 6.42 Å². The second kappa shape index (κ2) is 3.51. The van der Waals surface area contributed by atoms with Crippen LogP contribution in [0.15, 0.2) is 0 Å². The van der Waals surface area contributed by atoms with Crippen LogP contribution in [0.25, 0.3) is 0 Å². The molecule has 100 valence electrons. The molecule has 11 heteroatoms. The first-order valence-corrected chi connectivity index (χ1v) is 3.74. The number of carbonyl (C=O) groups is 1. The molecule has 1 fully saturated rings. The Hall–Kier alpha value is -0.970. The number of ether oxygens (including phenoxy) is 2. The molecule has 1 unspecified atom stereocenters. The molecule has 0 N–H and O–H groups in total. The number of halogens is 8. The molecule has 0 bridgehead atoms. The number of carbonyl (C=O) groups excluding carboxylic acids is 1. The number of hydrogen-bond donors (Lipinski definition) is 0. The van der Waals surface area contributed by atoms with Crippen molar-refractivity contribution in [2.75, 3.05) is 0 Å². The van der Waals surface area contributed by atoms with Gasteiger partial charge in [-0.05, 0) is 0 Å². The van der Waals surface area contributed by atoms with Crippen LogP contribution < -0.4 is 0 Å². The lowest BCUT2D eigenvalue weighted by atomic mass is 10.1. The second-order valence-electron chi connectivity index (χ2n) is 3.01. The first-order valence-electron chi connectivity index (χ1n) is 3.74. The van der Waals surface area contributed by atoms with E-state index in [2.05, 4.69) is 9.47 Å². The highest BCUT2D eigenvalue weighted by atomic mass is 19.4. The van der Waals surface area contributed by atoms with Crippen molar-refractivity contribution in [1.82, 2.24) is 0 Å². The molecular weight excluding hydrogens is 272 g/mol. The summed E-state index contributed by atoms with van der Waals surface area (Å²) in [5.41, 5.74) is 0. The Balaban J connectivity index is 2.93. The van der Waals surface area contributed by atoms with Crippen molar-refractivity contribution in [3.05, 3.63) is 0 Å². The van der Waals surface area contributed by atoms with Gasteiger partial charge in [0.15, 0.2) is 0 Å². The highest BCUT2D eigenvalue weighted by Gasteiger charge is 2.74. The predicted octanol–water partition coefficient (Wildman–Crippen LogP) is 2.36. The van der Waals surface area contributed by atoms with E-state index in [-0.39, 0.29) is 0 Å². The topological polar surface area (TPSA) is 35.5 Å². The molecule has 0 radical (unpaired) electrons. The average molecular weight is 274 g/mol. The molecule has 1 heterocycles. The molecule has 3 nitrogen and oxygen atoms in total. The summed E-state index contributed by atoms with van der Waals surface area (Å²) in [4.78, 5) is 10.2. The minimum absolute atomic E-state index is 2.48. The lowest BCUT2D eigenvalue weighted by Gasteiger charge is -2.21. The number of ketones is 1. The molecule has 0 amide bonds. The van der Waals surface area contributed by atoms with Gasteiger partial charge in [0.1, 0.15) is 0 Å². The number of rotatable bonds is 2. The molecule has 1 aliphatic rings. The van der Waals surface area contributed by atoms with Crippen LogP contribution in [-0.4, -0.2) is 30.2 Å². The van der Waals surface area contributed by atoms with Gasteiger partial charge >= 0.3 is 24.4 Å².